The Labute approximate surface area is 148 Å². The van der Waals surface area contributed by atoms with Gasteiger partial charge >= 0.3 is 6.61 Å². The standard InChI is InChI=1S/C15H11BrF2N2O5/c1-24-12-6-8(11(20(22)23)7-13(12)25-15(17)18)14(21)19-10-5-3-2-4-9(10)16/h2-7,15H,1H3,(H,19,21). The summed E-state index contributed by atoms with van der Waals surface area (Å²) in [5, 5.41) is 13.7. The highest BCUT2D eigenvalue weighted by atomic mass is 79.9. The predicted molar refractivity (Wildman–Crippen MR) is 88.4 cm³/mol. The molecule has 0 atom stereocenters. The fourth-order valence-electron chi connectivity index (χ4n) is 1.98. The number of anilines is 1. The van der Waals surface area contributed by atoms with E-state index in [0.29, 0.717) is 10.2 Å². The molecule has 0 unspecified atom stereocenters. The number of hydrogen-bond donors (Lipinski definition) is 1. The number of para-hydroxylation sites is 1. The third-order valence-corrected chi connectivity index (χ3v) is 3.75. The molecule has 0 heterocycles. The zero-order chi connectivity index (χ0) is 18.6. The maximum Gasteiger partial charge on any atom is 0.387 e. The van der Waals surface area contributed by atoms with E-state index >= 15 is 0 Å². The van der Waals surface area contributed by atoms with Gasteiger partial charge in [-0.05, 0) is 28.1 Å². The van der Waals surface area contributed by atoms with E-state index in [1.165, 1.54) is 0 Å². The van der Waals surface area contributed by atoms with Crippen molar-refractivity contribution in [1.29, 1.82) is 0 Å². The van der Waals surface area contributed by atoms with Gasteiger partial charge in [0.15, 0.2) is 11.5 Å². The first-order chi connectivity index (χ1) is 11.8. The number of methoxy groups -OCH3 is 1. The minimum Gasteiger partial charge on any atom is -0.493 e. The molecular weight excluding hydrogens is 406 g/mol. The molecule has 10 heteroatoms. The summed E-state index contributed by atoms with van der Waals surface area (Å²) in [5.41, 5.74) is -0.672. The van der Waals surface area contributed by atoms with Crippen LogP contribution in [0.4, 0.5) is 20.2 Å². The first-order valence-electron chi connectivity index (χ1n) is 6.70. The van der Waals surface area contributed by atoms with Crippen LogP contribution in [0.5, 0.6) is 11.5 Å². The molecule has 0 spiro atoms. The van der Waals surface area contributed by atoms with Gasteiger partial charge in [-0.25, -0.2) is 0 Å². The van der Waals surface area contributed by atoms with Crippen molar-refractivity contribution in [2.24, 2.45) is 0 Å². The van der Waals surface area contributed by atoms with Gasteiger partial charge in [-0.3, -0.25) is 14.9 Å². The molecule has 0 aliphatic rings. The van der Waals surface area contributed by atoms with Gasteiger partial charge in [-0.15, -0.1) is 0 Å². The van der Waals surface area contributed by atoms with Crippen molar-refractivity contribution in [2.45, 2.75) is 6.61 Å². The molecule has 132 valence electrons. The Morgan fingerprint density at radius 2 is 1.96 bits per heavy atom. The summed E-state index contributed by atoms with van der Waals surface area (Å²) in [7, 11) is 1.16. The molecule has 1 amide bonds. The number of amides is 1. The number of alkyl halides is 2. The van der Waals surface area contributed by atoms with Crippen molar-refractivity contribution in [2.75, 3.05) is 12.4 Å². The second-order valence-electron chi connectivity index (χ2n) is 4.59. The highest BCUT2D eigenvalue weighted by molar-refractivity contribution is 9.10. The van der Waals surface area contributed by atoms with E-state index in [1.807, 2.05) is 0 Å². The number of hydrogen-bond acceptors (Lipinski definition) is 5. The fourth-order valence-corrected chi connectivity index (χ4v) is 2.37. The van der Waals surface area contributed by atoms with E-state index in [0.717, 1.165) is 19.2 Å². The Balaban J connectivity index is 2.46. The number of carbonyl (C=O) groups excluding carboxylic acids is 1. The molecule has 2 aromatic carbocycles. The zero-order valence-corrected chi connectivity index (χ0v) is 14.2. The maximum atomic E-state index is 12.4. The van der Waals surface area contributed by atoms with Crippen LogP contribution in [0.2, 0.25) is 0 Å². The van der Waals surface area contributed by atoms with Gasteiger partial charge in [0.2, 0.25) is 0 Å². The van der Waals surface area contributed by atoms with E-state index in [4.69, 9.17) is 4.74 Å². The second-order valence-corrected chi connectivity index (χ2v) is 5.44. The molecule has 1 N–H and O–H groups in total. The van der Waals surface area contributed by atoms with Gasteiger partial charge in [-0.1, -0.05) is 12.1 Å². The van der Waals surface area contributed by atoms with Gasteiger partial charge in [0.05, 0.1) is 23.8 Å². The molecule has 7 nitrogen and oxygen atoms in total. The Kier molecular flexibility index (Phi) is 5.86. The van der Waals surface area contributed by atoms with Crippen LogP contribution in [-0.2, 0) is 0 Å². The lowest BCUT2D eigenvalue weighted by atomic mass is 10.1. The summed E-state index contributed by atoms with van der Waals surface area (Å²) in [6, 6.07) is 8.34. The molecule has 0 bridgehead atoms. The Morgan fingerprint density at radius 1 is 1.28 bits per heavy atom. The normalized spacial score (nSPS) is 10.4. The molecule has 25 heavy (non-hydrogen) atoms. The molecule has 0 fully saturated rings. The van der Waals surface area contributed by atoms with Crippen molar-refractivity contribution in [3.8, 4) is 11.5 Å². The maximum absolute atomic E-state index is 12.4. The number of nitro benzene ring substituents is 1. The van der Waals surface area contributed by atoms with Gasteiger partial charge in [-0.2, -0.15) is 8.78 Å². The number of benzene rings is 2. The minimum absolute atomic E-state index is 0.233. The van der Waals surface area contributed by atoms with Crippen LogP contribution in [-0.4, -0.2) is 24.6 Å². The lowest BCUT2D eigenvalue weighted by Gasteiger charge is -2.12. The summed E-state index contributed by atoms with van der Waals surface area (Å²) in [6.07, 6.45) is 0. The first kappa shape index (κ1) is 18.6. The average molecular weight is 417 g/mol. The van der Waals surface area contributed by atoms with Gasteiger partial charge in [0, 0.05) is 10.5 Å². The van der Waals surface area contributed by atoms with Crippen LogP contribution < -0.4 is 14.8 Å². The monoisotopic (exact) mass is 416 g/mol. The van der Waals surface area contributed by atoms with Crippen LogP contribution in [0.3, 0.4) is 0 Å². The molecular formula is C15H11BrF2N2O5. The highest BCUT2D eigenvalue weighted by Crippen LogP contribution is 2.36. The molecule has 0 aromatic heterocycles. The number of rotatable bonds is 6. The second kappa shape index (κ2) is 7.88. The van der Waals surface area contributed by atoms with Crippen molar-refractivity contribution in [3.63, 3.8) is 0 Å². The van der Waals surface area contributed by atoms with E-state index < -0.39 is 28.9 Å². The van der Waals surface area contributed by atoms with E-state index in [1.54, 1.807) is 24.3 Å². The number of nitrogens with one attached hydrogen (secondary N) is 1. The number of nitrogens with zero attached hydrogens (tertiary/aromatic N) is 1. The van der Waals surface area contributed by atoms with Crippen molar-refractivity contribution in [1.82, 2.24) is 0 Å². The van der Waals surface area contributed by atoms with Crippen LogP contribution in [0, 0.1) is 10.1 Å². The molecule has 0 aliphatic carbocycles. The molecule has 0 radical (unpaired) electrons. The highest BCUT2D eigenvalue weighted by Gasteiger charge is 2.26. The topological polar surface area (TPSA) is 90.7 Å². The molecule has 0 saturated carbocycles. The Morgan fingerprint density at radius 3 is 2.52 bits per heavy atom. The Hall–Kier alpha value is -2.75. The lowest BCUT2D eigenvalue weighted by Crippen LogP contribution is -2.15. The van der Waals surface area contributed by atoms with E-state index in [2.05, 4.69) is 26.0 Å². The first-order valence-corrected chi connectivity index (χ1v) is 7.50. The summed E-state index contributed by atoms with van der Waals surface area (Å²) >= 11 is 3.24. The molecule has 2 aromatic rings. The van der Waals surface area contributed by atoms with E-state index in [9.17, 15) is 23.7 Å². The lowest BCUT2D eigenvalue weighted by molar-refractivity contribution is -0.385. The molecule has 2 rings (SSSR count). The third kappa shape index (κ3) is 4.41. The Bertz CT molecular complexity index is 817. The summed E-state index contributed by atoms with van der Waals surface area (Å²) in [6.45, 7) is -3.20. The van der Waals surface area contributed by atoms with Crippen molar-refractivity contribution in [3.05, 3.63) is 56.5 Å². The van der Waals surface area contributed by atoms with Crippen LogP contribution >= 0.6 is 15.9 Å². The van der Waals surface area contributed by atoms with Gasteiger partial charge in [0.25, 0.3) is 11.6 Å². The largest absolute Gasteiger partial charge is 0.493 e. The summed E-state index contributed by atoms with van der Waals surface area (Å²) in [4.78, 5) is 22.8. The van der Waals surface area contributed by atoms with Gasteiger partial charge < -0.3 is 14.8 Å². The van der Waals surface area contributed by atoms with Crippen LogP contribution in [0.1, 0.15) is 10.4 Å². The summed E-state index contributed by atoms with van der Waals surface area (Å²) in [5.74, 6) is -1.58. The van der Waals surface area contributed by atoms with Crippen molar-refractivity contribution >= 4 is 33.2 Å². The molecule has 0 aliphatic heterocycles. The zero-order valence-electron chi connectivity index (χ0n) is 12.7. The number of carbonyl (C=O) groups is 1. The van der Waals surface area contributed by atoms with Crippen LogP contribution in [0.15, 0.2) is 40.9 Å². The third-order valence-electron chi connectivity index (χ3n) is 3.06. The summed E-state index contributed by atoms with van der Waals surface area (Å²) < 4.78 is 34.5. The minimum atomic E-state index is -3.20. The average Bonchev–Trinajstić information content (AvgIpc) is 2.55. The quantitative estimate of drug-likeness (QED) is 0.562. The van der Waals surface area contributed by atoms with Gasteiger partial charge in [0.1, 0.15) is 5.56 Å². The molecule has 0 saturated heterocycles. The smallest absolute Gasteiger partial charge is 0.387 e. The number of ether oxygens (including phenoxy) is 2. The SMILES string of the molecule is COc1cc(C(=O)Nc2ccccc2Br)c([N+](=O)[O-])cc1OC(F)F. The van der Waals surface area contributed by atoms with E-state index in [-0.39, 0.29) is 11.3 Å². The van der Waals surface area contributed by atoms with Crippen molar-refractivity contribution < 1.29 is 28.0 Å². The number of nitro groups is 1. The fraction of sp³-hybridized carbons (Fsp3) is 0.133. The van der Waals surface area contributed by atoms with Crippen LogP contribution in [0.25, 0.3) is 0 Å². The number of halogens is 3. The predicted octanol–water partition coefficient (Wildman–Crippen LogP) is 4.22.